The van der Waals surface area contributed by atoms with Crippen LogP contribution < -0.4 is 10.6 Å². The summed E-state index contributed by atoms with van der Waals surface area (Å²) in [5, 5.41) is 5.95. The van der Waals surface area contributed by atoms with Crippen molar-refractivity contribution in [3.63, 3.8) is 0 Å². The summed E-state index contributed by atoms with van der Waals surface area (Å²) in [6, 6.07) is 5.61. The van der Waals surface area contributed by atoms with Crippen molar-refractivity contribution in [2.45, 2.75) is 63.2 Å². The maximum Gasteiger partial charge on any atom is 0.262 e. The molecular formula is C22H26N4O4. The van der Waals surface area contributed by atoms with Crippen molar-refractivity contribution in [3.05, 3.63) is 34.9 Å². The van der Waals surface area contributed by atoms with Crippen LogP contribution in [0.25, 0.3) is 0 Å². The number of hydrogen-bond acceptors (Lipinski definition) is 6. The molecule has 3 unspecified atom stereocenters. The van der Waals surface area contributed by atoms with Gasteiger partial charge in [0.1, 0.15) is 6.04 Å². The zero-order chi connectivity index (χ0) is 20.8. The fourth-order valence-corrected chi connectivity index (χ4v) is 5.24. The van der Waals surface area contributed by atoms with E-state index >= 15 is 0 Å². The third-order valence-electron chi connectivity index (χ3n) is 6.76. The second-order valence-corrected chi connectivity index (χ2v) is 8.84. The van der Waals surface area contributed by atoms with Crippen molar-refractivity contribution in [2.24, 2.45) is 0 Å². The van der Waals surface area contributed by atoms with Gasteiger partial charge in [-0.05, 0) is 43.4 Å². The standard InChI is InChI=1S/C22H26N4O4/c27-19-7-6-18(20(28)24-19)26-21(29)16-5-4-13(10-17(16)22(26)30)11-25-9-8-14-2-1-3-15(12-25)23-14/h4-5,10,14-15,18,23H,1-3,6-9,11-12H2,(H,24,27,28). The molecule has 1 aromatic carbocycles. The van der Waals surface area contributed by atoms with Crippen LogP contribution >= 0.6 is 0 Å². The lowest BCUT2D eigenvalue weighted by molar-refractivity contribution is -0.136. The van der Waals surface area contributed by atoms with Gasteiger partial charge in [-0.25, -0.2) is 0 Å². The molecule has 5 rings (SSSR count). The van der Waals surface area contributed by atoms with Gasteiger partial charge in [0.25, 0.3) is 11.8 Å². The Balaban J connectivity index is 1.33. The van der Waals surface area contributed by atoms with Crippen LogP contribution in [0, 0.1) is 0 Å². The largest absolute Gasteiger partial charge is 0.310 e. The van der Waals surface area contributed by atoms with E-state index in [0.29, 0.717) is 23.2 Å². The molecule has 30 heavy (non-hydrogen) atoms. The maximum atomic E-state index is 13.0. The van der Waals surface area contributed by atoms with E-state index in [0.717, 1.165) is 36.5 Å². The first-order chi connectivity index (χ1) is 14.5. The van der Waals surface area contributed by atoms with E-state index in [1.165, 1.54) is 19.3 Å². The smallest absolute Gasteiger partial charge is 0.262 e. The van der Waals surface area contributed by atoms with Gasteiger partial charge in [0, 0.05) is 38.1 Å². The number of nitrogens with one attached hydrogen (secondary N) is 2. The molecule has 2 N–H and O–H groups in total. The summed E-state index contributed by atoms with van der Waals surface area (Å²) >= 11 is 0. The number of benzene rings is 1. The second-order valence-electron chi connectivity index (χ2n) is 8.84. The van der Waals surface area contributed by atoms with E-state index in [4.69, 9.17) is 0 Å². The lowest BCUT2D eigenvalue weighted by atomic mass is 9.98. The summed E-state index contributed by atoms with van der Waals surface area (Å²) in [6.45, 7) is 2.74. The van der Waals surface area contributed by atoms with Gasteiger partial charge in [-0.15, -0.1) is 0 Å². The first kappa shape index (κ1) is 19.4. The molecule has 3 atom stereocenters. The first-order valence-corrected chi connectivity index (χ1v) is 10.8. The topological polar surface area (TPSA) is 98.8 Å². The lowest BCUT2D eigenvalue weighted by Crippen LogP contribution is -2.54. The Morgan fingerprint density at radius 2 is 1.73 bits per heavy atom. The lowest BCUT2D eigenvalue weighted by Gasteiger charge is -2.29. The predicted molar refractivity (Wildman–Crippen MR) is 108 cm³/mol. The van der Waals surface area contributed by atoms with Gasteiger partial charge in [0.2, 0.25) is 11.8 Å². The number of carbonyl (C=O) groups is 4. The van der Waals surface area contributed by atoms with Gasteiger partial charge in [-0.2, -0.15) is 0 Å². The monoisotopic (exact) mass is 410 g/mol. The summed E-state index contributed by atoms with van der Waals surface area (Å²) in [6.07, 6.45) is 5.15. The van der Waals surface area contributed by atoms with E-state index in [9.17, 15) is 19.2 Å². The molecule has 0 aliphatic carbocycles. The molecule has 0 spiro atoms. The van der Waals surface area contributed by atoms with Crippen molar-refractivity contribution >= 4 is 23.6 Å². The predicted octanol–water partition coefficient (Wildman–Crippen LogP) is 0.804. The number of fused-ring (bicyclic) bond motifs is 3. The number of rotatable bonds is 3. The van der Waals surface area contributed by atoms with Crippen molar-refractivity contribution in [1.29, 1.82) is 0 Å². The van der Waals surface area contributed by atoms with E-state index in [1.807, 2.05) is 6.07 Å². The molecule has 3 fully saturated rings. The summed E-state index contributed by atoms with van der Waals surface area (Å²) in [5.41, 5.74) is 1.69. The zero-order valence-electron chi connectivity index (χ0n) is 16.9. The summed E-state index contributed by atoms with van der Waals surface area (Å²) in [7, 11) is 0. The molecular weight excluding hydrogens is 384 g/mol. The average molecular weight is 410 g/mol. The minimum atomic E-state index is -0.922. The van der Waals surface area contributed by atoms with E-state index in [-0.39, 0.29) is 18.7 Å². The highest BCUT2D eigenvalue weighted by Gasteiger charge is 2.44. The maximum absolute atomic E-state index is 13.0. The van der Waals surface area contributed by atoms with Crippen molar-refractivity contribution < 1.29 is 19.2 Å². The number of imide groups is 2. The molecule has 8 nitrogen and oxygen atoms in total. The Bertz CT molecular complexity index is 930. The molecule has 0 saturated carbocycles. The molecule has 4 aliphatic heterocycles. The van der Waals surface area contributed by atoms with Crippen LogP contribution in [-0.4, -0.2) is 64.6 Å². The second kappa shape index (κ2) is 7.59. The molecule has 4 heterocycles. The van der Waals surface area contributed by atoms with Gasteiger partial charge < -0.3 is 5.32 Å². The number of nitrogens with zero attached hydrogens (tertiary/aromatic N) is 2. The van der Waals surface area contributed by atoms with E-state index < -0.39 is 23.8 Å². The van der Waals surface area contributed by atoms with Crippen LogP contribution in [0.4, 0.5) is 0 Å². The van der Waals surface area contributed by atoms with Crippen LogP contribution in [0.3, 0.4) is 0 Å². The quantitative estimate of drug-likeness (QED) is 0.716. The molecule has 8 heteroatoms. The fourth-order valence-electron chi connectivity index (χ4n) is 5.24. The van der Waals surface area contributed by atoms with Crippen molar-refractivity contribution in [2.75, 3.05) is 13.1 Å². The van der Waals surface area contributed by atoms with E-state index in [1.54, 1.807) is 12.1 Å². The first-order valence-electron chi connectivity index (χ1n) is 10.8. The normalized spacial score (nSPS) is 29.6. The highest BCUT2D eigenvalue weighted by molar-refractivity contribution is 6.23. The summed E-state index contributed by atoms with van der Waals surface area (Å²) < 4.78 is 0. The van der Waals surface area contributed by atoms with Crippen LogP contribution in [0.15, 0.2) is 18.2 Å². The molecule has 1 aromatic rings. The molecule has 4 aliphatic rings. The highest BCUT2D eigenvalue weighted by atomic mass is 16.2. The Labute approximate surface area is 175 Å². The third-order valence-corrected chi connectivity index (χ3v) is 6.76. The Morgan fingerprint density at radius 1 is 0.933 bits per heavy atom. The Hall–Kier alpha value is -2.58. The fraction of sp³-hybridized carbons (Fsp3) is 0.545. The van der Waals surface area contributed by atoms with Crippen LogP contribution in [0.5, 0.6) is 0 Å². The average Bonchev–Trinajstić information content (AvgIpc) is 2.87. The number of hydrogen-bond donors (Lipinski definition) is 2. The van der Waals surface area contributed by atoms with Crippen molar-refractivity contribution in [3.8, 4) is 0 Å². The Kier molecular flexibility index (Phi) is 4.91. The molecule has 2 bridgehead atoms. The zero-order valence-corrected chi connectivity index (χ0v) is 16.9. The van der Waals surface area contributed by atoms with Crippen molar-refractivity contribution in [1.82, 2.24) is 20.4 Å². The highest BCUT2D eigenvalue weighted by Crippen LogP contribution is 2.29. The molecule has 0 radical (unpaired) electrons. The molecule has 0 aromatic heterocycles. The van der Waals surface area contributed by atoms with Gasteiger partial charge in [0.05, 0.1) is 11.1 Å². The summed E-state index contributed by atoms with van der Waals surface area (Å²) in [4.78, 5) is 52.9. The number of piperidine rings is 2. The van der Waals surface area contributed by atoms with Gasteiger partial charge in [-0.3, -0.25) is 34.3 Å². The van der Waals surface area contributed by atoms with Crippen LogP contribution in [0.2, 0.25) is 0 Å². The Morgan fingerprint density at radius 3 is 2.57 bits per heavy atom. The minimum Gasteiger partial charge on any atom is -0.310 e. The molecule has 3 saturated heterocycles. The molecule has 4 amide bonds. The van der Waals surface area contributed by atoms with Gasteiger partial charge >= 0.3 is 0 Å². The van der Waals surface area contributed by atoms with Crippen LogP contribution in [-0.2, 0) is 16.1 Å². The number of carbonyl (C=O) groups excluding carboxylic acids is 4. The third kappa shape index (κ3) is 3.44. The van der Waals surface area contributed by atoms with Gasteiger partial charge in [-0.1, -0.05) is 12.5 Å². The summed E-state index contributed by atoms with van der Waals surface area (Å²) in [5.74, 6) is -1.85. The number of amides is 4. The SMILES string of the molecule is O=C1CCC(N2C(=O)c3ccc(CN4CCC5CCCC(C4)N5)cc3C2=O)C(=O)N1. The van der Waals surface area contributed by atoms with E-state index in [2.05, 4.69) is 15.5 Å². The minimum absolute atomic E-state index is 0.125. The molecule has 158 valence electrons. The van der Waals surface area contributed by atoms with Gasteiger partial charge in [0.15, 0.2) is 0 Å². The van der Waals surface area contributed by atoms with Crippen LogP contribution in [0.1, 0.15) is 64.8 Å².